The van der Waals surface area contributed by atoms with E-state index in [2.05, 4.69) is 22.2 Å². The third kappa shape index (κ3) is 3.93. The second-order valence-corrected chi connectivity index (χ2v) is 5.76. The number of aromatic nitrogens is 2. The minimum absolute atomic E-state index is 0.0332. The second-order valence-electron chi connectivity index (χ2n) is 5.76. The maximum Gasteiger partial charge on any atom is 0.227 e. The van der Waals surface area contributed by atoms with Gasteiger partial charge in [0.2, 0.25) is 5.91 Å². The third-order valence-electron chi connectivity index (χ3n) is 4.17. The van der Waals surface area contributed by atoms with Gasteiger partial charge >= 0.3 is 0 Å². The highest BCUT2D eigenvalue weighted by Crippen LogP contribution is 2.24. The van der Waals surface area contributed by atoms with E-state index in [1.165, 1.54) is 0 Å². The first kappa shape index (κ1) is 15.6. The Bertz CT molecular complexity index is 643. The fourth-order valence-electron chi connectivity index (χ4n) is 2.80. The van der Waals surface area contributed by atoms with Gasteiger partial charge in [-0.2, -0.15) is 0 Å². The van der Waals surface area contributed by atoms with Gasteiger partial charge in [0.05, 0.1) is 6.10 Å². The number of amides is 1. The van der Waals surface area contributed by atoms with Crippen molar-refractivity contribution >= 4 is 11.6 Å². The standard InChI is InChI=1S/C18H21N3O2/c1-2-16-12-14(8-11-23-16)18(22)21-15-6-4-13(5-7-15)17-19-9-3-10-20-17/h3-7,9-10,14,16H,2,8,11-12H2,1H3,(H,21,22)/t14-,16+/m0/s1. The topological polar surface area (TPSA) is 64.1 Å². The van der Waals surface area contributed by atoms with Crippen LogP contribution in [0.4, 0.5) is 5.69 Å². The van der Waals surface area contributed by atoms with Gasteiger partial charge in [0, 0.05) is 36.2 Å². The number of benzene rings is 1. The van der Waals surface area contributed by atoms with Crippen molar-refractivity contribution in [2.45, 2.75) is 32.3 Å². The third-order valence-corrected chi connectivity index (χ3v) is 4.17. The minimum atomic E-state index is 0.0332. The summed E-state index contributed by atoms with van der Waals surface area (Å²) >= 11 is 0. The molecule has 120 valence electrons. The minimum Gasteiger partial charge on any atom is -0.378 e. The molecule has 1 fully saturated rings. The molecule has 0 aliphatic carbocycles. The molecule has 23 heavy (non-hydrogen) atoms. The van der Waals surface area contributed by atoms with Gasteiger partial charge < -0.3 is 10.1 Å². The SMILES string of the molecule is CC[C@@H]1C[C@@H](C(=O)Nc2ccc(-c3ncccn3)cc2)CCO1. The molecule has 3 rings (SSSR count). The van der Waals surface area contributed by atoms with Crippen molar-refractivity contribution in [3.8, 4) is 11.4 Å². The zero-order valence-electron chi connectivity index (χ0n) is 13.2. The van der Waals surface area contributed by atoms with Gasteiger partial charge in [-0.05, 0) is 49.6 Å². The summed E-state index contributed by atoms with van der Waals surface area (Å²) in [6.45, 7) is 2.76. The van der Waals surface area contributed by atoms with Crippen LogP contribution in [-0.2, 0) is 9.53 Å². The summed E-state index contributed by atoms with van der Waals surface area (Å²) in [5, 5.41) is 3.00. The summed E-state index contributed by atoms with van der Waals surface area (Å²) in [6.07, 6.45) is 6.18. The van der Waals surface area contributed by atoms with Gasteiger partial charge in [-0.15, -0.1) is 0 Å². The predicted molar refractivity (Wildman–Crippen MR) is 88.9 cm³/mol. The molecule has 0 bridgehead atoms. The van der Waals surface area contributed by atoms with Crippen LogP contribution in [0.15, 0.2) is 42.7 Å². The highest BCUT2D eigenvalue weighted by atomic mass is 16.5. The Morgan fingerprint density at radius 3 is 2.70 bits per heavy atom. The molecule has 5 heteroatoms. The molecular formula is C18H21N3O2. The molecule has 1 aromatic carbocycles. The Morgan fingerprint density at radius 2 is 2.00 bits per heavy atom. The molecule has 1 saturated heterocycles. The molecule has 0 spiro atoms. The number of anilines is 1. The van der Waals surface area contributed by atoms with Crippen molar-refractivity contribution in [2.75, 3.05) is 11.9 Å². The summed E-state index contributed by atoms with van der Waals surface area (Å²) in [4.78, 5) is 20.8. The van der Waals surface area contributed by atoms with Gasteiger partial charge in [0.25, 0.3) is 0 Å². The summed E-state index contributed by atoms with van der Waals surface area (Å²) in [5.74, 6) is 0.793. The van der Waals surface area contributed by atoms with Gasteiger partial charge in [-0.3, -0.25) is 4.79 Å². The van der Waals surface area contributed by atoms with E-state index in [9.17, 15) is 4.79 Å². The van der Waals surface area contributed by atoms with Crippen LogP contribution < -0.4 is 5.32 Å². The molecule has 1 aliphatic heterocycles. The number of carbonyl (C=O) groups is 1. The van der Waals surface area contributed by atoms with Crippen LogP contribution in [0.5, 0.6) is 0 Å². The molecule has 1 aliphatic rings. The van der Waals surface area contributed by atoms with E-state index in [-0.39, 0.29) is 17.9 Å². The van der Waals surface area contributed by atoms with Crippen LogP contribution in [-0.4, -0.2) is 28.6 Å². The number of ether oxygens (including phenoxy) is 1. The predicted octanol–water partition coefficient (Wildman–Crippen LogP) is 3.29. The quantitative estimate of drug-likeness (QED) is 0.941. The lowest BCUT2D eigenvalue weighted by Crippen LogP contribution is -2.33. The molecule has 1 aromatic heterocycles. The Labute approximate surface area is 136 Å². The molecule has 5 nitrogen and oxygen atoms in total. The molecular weight excluding hydrogens is 290 g/mol. The van der Waals surface area contributed by atoms with Gasteiger partial charge in [-0.1, -0.05) is 6.92 Å². The molecule has 0 unspecified atom stereocenters. The first-order valence-corrected chi connectivity index (χ1v) is 8.06. The largest absolute Gasteiger partial charge is 0.378 e. The zero-order valence-corrected chi connectivity index (χ0v) is 13.2. The second kappa shape index (κ2) is 7.33. The Morgan fingerprint density at radius 1 is 1.26 bits per heavy atom. The lowest BCUT2D eigenvalue weighted by atomic mass is 9.93. The average Bonchev–Trinajstić information content (AvgIpc) is 2.63. The maximum absolute atomic E-state index is 12.4. The molecule has 0 radical (unpaired) electrons. The summed E-state index contributed by atoms with van der Waals surface area (Å²) in [6, 6.07) is 9.41. The van der Waals surface area contributed by atoms with Crippen molar-refractivity contribution < 1.29 is 9.53 Å². The van der Waals surface area contributed by atoms with E-state index in [1.807, 2.05) is 24.3 Å². The monoisotopic (exact) mass is 311 g/mol. The smallest absolute Gasteiger partial charge is 0.227 e. The first-order valence-electron chi connectivity index (χ1n) is 8.06. The van der Waals surface area contributed by atoms with Gasteiger partial charge in [0.15, 0.2) is 5.82 Å². The fourth-order valence-corrected chi connectivity index (χ4v) is 2.80. The molecule has 2 aromatic rings. The highest BCUT2D eigenvalue weighted by Gasteiger charge is 2.26. The Hall–Kier alpha value is -2.27. The number of carbonyl (C=O) groups excluding carboxylic acids is 1. The molecule has 1 amide bonds. The van der Waals surface area contributed by atoms with Crippen molar-refractivity contribution in [3.63, 3.8) is 0 Å². The van der Waals surface area contributed by atoms with E-state index in [0.717, 1.165) is 30.5 Å². The lowest BCUT2D eigenvalue weighted by Gasteiger charge is -2.28. The van der Waals surface area contributed by atoms with E-state index < -0.39 is 0 Å². The van der Waals surface area contributed by atoms with Crippen LogP contribution in [0.1, 0.15) is 26.2 Å². The van der Waals surface area contributed by atoms with Crippen molar-refractivity contribution in [2.24, 2.45) is 5.92 Å². The molecule has 1 N–H and O–H groups in total. The summed E-state index contributed by atoms with van der Waals surface area (Å²) in [7, 11) is 0. The Balaban J connectivity index is 1.63. The van der Waals surface area contributed by atoms with Crippen LogP contribution in [0.2, 0.25) is 0 Å². The van der Waals surface area contributed by atoms with E-state index in [4.69, 9.17) is 4.74 Å². The fraction of sp³-hybridized carbons (Fsp3) is 0.389. The van der Waals surface area contributed by atoms with Crippen molar-refractivity contribution in [1.82, 2.24) is 9.97 Å². The zero-order chi connectivity index (χ0) is 16.1. The van der Waals surface area contributed by atoms with Crippen LogP contribution in [0, 0.1) is 5.92 Å². The summed E-state index contributed by atoms with van der Waals surface area (Å²) in [5.41, 5.74) is 1.73. The Kier molecular flexibility index (Phi) is 4.98. The number of hydrogen-bond acceptors (Lipinski definition) is 4. The number of nitrogens with zero attached hydrogens (tertiary/aromatic N) is 2. The van der Waals surface area contributed by atoms with Crippen molar-refractivity contribution in [3.05, 3.63) is 42.7 Å². The van der Waals surface area contributed by atoms with Gasteiger partial charge in [-0.25, -0.2) is 9.97 Å². The molecule has 2 atom stereocenters. The lowest BCUT2D eigenvalue weighted by molar-refractivity contribution is -0.124. The van der Waals surface area contributed by atoms with Crippen LogP contribution in [0.3, 0.4) is 0 Å². The van der Waals surface area contributed by atoms with E-state index in [0.29, 0.717) is 12.4 Å². The number of rotatable bonds is 4. The summed E-state index contributed by atoms with van der Waals surface area (Å²) < 4.78 is 5.63. The highest BCUT2D eigenvalue weighted by molar-refractivity contribution is 5.92. The maximum atomic E-state index is 12.4. The number of hydrogen-bond donors (Lipinski definition) is 1. The molecule has 0 saturated carbocycles. The molecule has 2 heterocycles. The first-order chi connectivity index (χ1) is 11.3. The van der Waals surface area contributed by atoms with Crippen LogP contribution in [0.25, 0.3) is 11.4 Å². The van der Waals surface area contributed by atoms with Crippen molar-refractivity contribution in [1.29, 1.82) is 0 Å². The van der Waals surface area contributed by atoms with E-state index in [1.54, 1.807) is 18.5 Å². The average molecular weight is 311 g/mol. The van der Waals surface area contributed by atoms with Gasteiger partial charge in [0.1, 0.15) is 0 Å². The number of nitrogens with one attached hydrogen (secondary N) is 1. The normalized spacial score (nSPS) is 20.9. The van der Waals surface area contributed by atoms with E-state index >= 15 is 0 Å². The van der Waals surface area contributed by atoms with Crippen LogP contribution >= 0.6 is 0 Å².